The number of hydrogen-bond acceptors (Lipinski definition) is 5. The Morgan fingerprint density at radius 3 is 2.36 bits per heavy atom. The van der Waals surface area contributed by atoms with Crippen LogP contribution in [-0.4, -0.2) is 73.7 Å². The highest BCUT2D eigenvalue weighted by molar-refractivity contribution is 7.89. The van der Waals surface area contributed by atoms with Gasteiger partial charge in [-0.2, -0.15) is 0 Å². The number of carbonyl (C=O) groups is 1. The number of carbonyl (C=O) groups excluding carboxylic acids is 1. The van der Waals surface area contributed by atoms with E-state index in [0.29, 0.717) is 13.1 Å². The third kappa shape index (κ3) is 4.52. The largest absolute Gasteiger partial charge is 0.336 e. The van der Waals surface area contributed by atoms with Crippen molar-refractivity contribution in [3.05, 3.63) is 58.9 Å². The minimum atomic E-state index is -3.63. The van der Waals surface area contributed by atoms with Crippen molar-refractivity contribution in [3.8, 4) is 0 Å². The van der Waals surface area contributed by atoms with E-state index in [0.717, 1.165) is 23.9 Å². The molecule has 150 valence electrons. The summed E-state index contributed by atoms with van der Waals surface area (Å²) in [5, 5.41) is 0.252. The Kier molecular flexibility index (Phi) is 6.34. The van der Waals surface area contributed by atoms with Crippen LogP contribution in [-0.2, 0) is 16.6 Å². The van der Waals surface area contributed by atoms with Crippen LogP contribution < -0.4 is 0 Å². The number of aromatic nitrogens is 1. The molecule has 1 amide bonds. The predicted molar refractivity (Wildman–Crippen MR) is 108 cm³/mol. The van der Waals surface area contributed by atoms with Crippen molar-refractivity contribution >= 4 is 27.5 Å². The lowest BCUT2D eigenvalue weighted by molar-refractivity contribution is 0.0628. The van der Waals surface area contributed by atoms with E-state index in [1.807, 2.05) is 12.1 Å². The van der Waals surface area contributed by atoms with Crippen molar-refractivity contribution in [1.29, 1.82) is 0 Å². The monoisotopic (exact) mass is 422 g/mol. The van der Waals surface area contributed by atoms with E-state index < -0.39 is 10.0 Å². The summed E-state index contributed by atoms with van der Waals surface area (Å²) in [6.45, 7) is 3.40. The van der Waals surface area contributed by atoms with Gasteiger partial charge in [0.1, 0.15) is 0 Å². The summed E-state index contributed by atoms with van der Waals surface area (Å²) in [6, 6.07) is 8.21. The molecule has 0 atom stereocenters. The van der Waals surface area contributed by atoms with Gasteiger partial charge in [0.2, 0.25) is 10.0 Å². The number of piperazine rings is 1. The second kappa shape index (κ2) is 8.57. The molecule has 3 rings (SSSR count). The number of benzene rings is 1. The fourth-order valence-electron chi connectivity index (χ4n) is 3.07. The molecule has 0 spiro atoms. The van der Waals surface area contributed by atoms with Gasteiger partial charge < -0.3 is 4.90 Å². The number of amides is 1. The zero-order valence-electron chi connectivity index (χ0n) is 15.9. The van der Waals surface area contributed by atoms with Gasteiger partial charge in [-0.1, -0.05) is 11.6 Å². The minimum Gasteiger partial charge on any atom is -0.336 e. The molecule has 2 aromatic rings. The molecular weight excluding hydrogens is 400 g/mol. The first-order chi connectivity index (χ1) is 13.3. The van der Waals surface area contributed by atoms with Gasteiger partial charge in [0.15, 0.2) is 0 Å². The molecule has 9 heteroatoms. The van der Waals surface area contributed by atoms with E-state index in [4.69, 9.17) is 11.6 Å². The molecule has 7 nitrogen and oxygen atoms in total. The summed E-state index contributed by atoms with van der Waals surface area (Å²) >= 11 is 6.20. The summed E-state index contributed by atoms with van der Waals surface area (Å²) < 4.78 is 25.8. The number of nitrogens with zero attached hydrogens (tertiary/aromatic N) is 4. The average molecular weight is 423 g/mol. The Bertz CT molecular complexity index is 943. The lowest BCUT2D eigenvalue weighted by Gasteiger charge is -2.35. The maximum absolute atomic E-state index is 12.9. The predicted octanol–water partition coefficient (Wildman–Crippen LogP) is 1.94. The van der Waals surface area contributed by atoms with E-state index >= 15 is 0 Å². The molecule has 0 N–H and O–H groups in total. The first kappa shape index (κ1) is 20.7. The van der Waals surface area contributed by atoms with E-state index in [2.05, 4.69) is 9.88 Å². The Hall–Kier alpha value is -2.00. The van der Waals surface area contributed by atoms with Crippen molar-refractivity contribution < 1.29 is 13.2 Å². The SMILES string of the molecule is CN(C)S(=O)(=O)c1ccc(Cl)c(C(=O)N2CCN(Cc3ccncc3)CC2)c1. The molecule has 0 bridgehead atoms. The molecule has 1 aliphatic rings. The molecule has 0 saturated carbocycles. The zero-order chi connectivity index (χ0) is 20.3. The van der Waals surface area contributed by atoms with Crippen LogP contribution in [0.2, 0.25) is 5.02 Å². The number of halogens is 1. The van der Waals surface area contributed by atoms with Crippen molar-refractivity contribution in [3.63, 3.8) is 0 Å². The first-order valence-corrected chi connectivity index (χ1v) is 10.7. The standard InChI is InChI=1S/C19H23ClN4O3S/c1-22(2)28(26,27)16-3-4-18(20)17(13-16)19(25)24-11-9-23(10-12-24)14-15-5-7-21-8-6-15/h3-8,13H,9-12,14H2,1-2H3. The van der Waals surface area contributed by atoms with Crippen LogP contribution in [0.1, 0.15) is 15.9 Å². The smallest absolute Gasteiger partial charge is 0.255 e. The highest BCUT2D eigenvalue weighted by Gasteiger charge is 2.26. The van der Waals surface area contributed by atoms with E-state index in [1.54, 1.807) is 17.3 Å². The van der Waals surface area contributed by atoms with E-state index in [-0.39, 0.29) is 21.4 Å². The Balaban J connectivity index is 1.70. The summed E-state index contributed by atoms with van der Waals surface area (Å²) in [5.74, 6) is -0.246. The molecule has 1 aromatic carbocycles. The van der Waals surface area contributed by atoms with E-state index in [1.165, 1.54) is 37.9 Å². The van der Waals surface area contributed by atoms with Crippen LogP contribution in [0, 0.1) is 0 Å². The third-order valence-electron chi connectivity index (χ3n) is 4.76. The van der Waals surface area contributed by atoms with Crippen molar-refractivity contribution in [1.82, 2.24) is 19.1 Å². The van der Waals surface area contributed by atoms with Crippen LogP contribution >= 0.6 is 11.6 Å². The minimum absolute atomic E-state index is 0.0570. The van der Waals surface area contributed by atoms with E-state index in [9.17, 15) is 13.2 Å². The normalized spacial score (nSPS) is 15.8. The second-order valence-electron chi connectivity index (χ2n) is 6.85. The van der Waals surface area contributed by atoms with Gasteiger partial charge in [-0.05, 0) is 35.9 Å². The quantitative estimate of drug-likeness (QED) is 0.736. The summed E-state index contributed by atoms with van der Waals surface area (Å²) in [6.07, 6.45) is 3.54. The van der Waals surface area contributed by atoms with Crippen LogP contribution in [0.15, 0.2) is 47.6 Å². The highest BCUT2D eigenvalue weighted by Crippen LogP contribution is 2.24. The molecule has 1 aromatic heterocycles. The van der Waals surface area contributed by atoms with Crippen LogP contribution in [0.4, 0.5) is 0 Å². The van der Waals surface area contributed by atoms with Gasteiger partial charge in [-0.3, -0.25) is 14.7 Å². The number of rotatable bonds is 5. The number of sulfonamides is 1. The molecule has 0 unspecified atom stereocenters. The average Bonchev–Trinajstić information content (AvgIpc) is 2.69. The van der Waals surface area contributed by atoms with Crippen molar-refractivity contribution in [2.24, 2.45) is 0 Å². The first-order valence-electron chi connectivity index (χ1n) is 8.91. The molecule has 1 fully saturated rings. The highest BCUT2D eigenvalue weighted by atomic mass is 35.5. The van der Waals surface area contributed by atoms with Crippen LogP contribution in [0.25, 0.3) is 0 Å². The summed E-state index contributed by atoms with van der Waals surface area (Å²) in [5.41, 5.74) is 1.39. The fraction of sp³-hybridized carbons (Fsp3) is 0.368. The van der Waals surface area contributed by atoms with Gasteiger partial charge in [0, 0.05) is 59.2 Å². The third-order valence-corrected chi connectivity index (χ3v) is 6.90. The van der Waals surface area contributed by atoms with Gasteiger partial charge in [0.05, 0.1) is 15.5 Å². The van der Waals surface area contributed by atoms with Gasteiger partial charge in [-0.15, -0.1) is 0 Å². The Labute approximate surface area is 170 Å². The second-order valence-corrected chi connectivity index (χ2v) is 9.41. The summed E-state index contributed by atoms with van der Waals surface area (Å²) in [7, 11) is -0.729. The molecule has 1 saturated heterocycles. The van der Waals surface area contributed by atoms with Gasteiger partial charge in [0.25, 0.3) is 5.91 Å². The zero-order valence-corrected chi connectivity index (χ0v) is 17.4. The Morgan fingerprint density at radius 1 is 1.11 bits per heavy atom. The number of hydrogen-bond donors (Lipinski definition) is 0. The lowest BCUT2D eigenvalue weighted by atomic mass is 10.1. The molecule has 1 aliphatic heterocycles. The molecule has 2 heterocycles. The maximum Gasteiger partial charge on any atom is 0.255 e. The molecule has 0 radical (unpaired) electrons. The lowest BCUT2D eigenvalue weighted by Crippen LogP contribution is -2.48. The van der Waals surface area contributed by atoms with Crippen LogP contribution in [0.5, 0.6) is 0 Å². The molecule has 28 heavy (non-hydrogen) atoms. The summed E-state index contributed by atoms with van der Waals surface area (Å²) in [4.78, 5) is 21.0. The Morgan fingerprint density at radius 2 is 1.75 bits per heavy atom. The fourth-order valence-corrected chi connectivity index (χ4v) is 4.19. The topological polar surface area (TPSA) is 73.8 Å². The maximum atomic E-state index is 12.9. The van der Waals surface area contributed by atoms with Gasteiger partial charge >= 0.3 is 0 Å². The molecule has 0 aliphatic carbocycles. The molecular formula is C19H23ClN4O3S. The number of pyridine rings is 1. The van der Waals surface area contributed by atoms with Crippen molar-refractivity contribution in [2.45, 2.75) is 11.4 Å². The van der Waals surface area contributed by atoms with Crippen molar-refractivity contribution in [2.75, 3.05) is 40.3 Å². The van der Waals surface area contributed by atoms with Crippen LogP contribution in [0.3, 0.4) is 0 Å². The van der Waals surface area contributed by atoms with Gasteiger partial charge in [-0.25, -0.2) is 12.7 Å².